The van der Waals surface area contributed by atoms with Gasteiger partial charge in [-0.2, -0.15) is 0 Å². The van der Waals surface area contributed by atoms with E-state index in [1.54, 1.807) is 6.92 Å². The molecule has 0 saturated carbocycles. The van der Waals surface area contributed by atoms with Gasteiger partial charge >= 0.3 is 5.63 Å². The number of hydrogen-bond donors (Lipinski definition) is 0. The summed E-state index contributed by atoms with van der Waals surface area (Å²) in [5, 5.41) is 0. The second-order valence-electron chi connectivity index (χ2n) is 2.94. The Balaban J connectivity index is 3.21. The number of hydrogen-bond acceptors (Lipinski definition) is 2. The maximum Gasteiger partial charge on any atom is 0.339 e. The minimum absolute atomic E-state index is 0.208. The molecule has 1 heterocycles. The lowest BCUT2D eigenvalue weighted by Crippen LogP contribution is -2.08. The van der Waals surface area contributed by atoms with Crippen molar-refractivity contribution in [2.75, 3.05) is 0 Å². The molecule has 0 aromatic carbocycles. The Morgan fingerprint density at radius 1 is 1.36 bits per heavy atom. The third-order valence-corrected chi connectivity index (χ3v) is 1.61. The van der Waals surface area contributed by atoms with Crippen LogP contribution in [-0.4, -0.2) is 0 Å². The zero-order chi connectivity index (χ0) is 8.43. The molecule has 60 valence electrons. The van der Waals surface area contributed by atoms with Crippen LogP contribution in [-0.2, 0) is 0 Å². The summed E-state index contributed by atoms with van der Waals surface area (Å²) in [6, 6.07) is 3.64. The third-order valence-electron chi connectivity index (χ3n) is 1.61. The van der Waals surface area contributed by atoms with Gasteiger partial charge in [-0.15, -0.1) is 0 Å². The molecule has 11 heavy (non-hydrogen) atoms. The standard InChI is InChI=1S/C9H12O2/c1-6(2)8-5-4-7(3)11-9(8)10/h4-6H,1-3H3. The first kappa shape index (κ1) is 8.05. The zero-order valence-corrected chi connectivity index (χ0v) is 7.05. The summed E-state index contributed by atoms with van der Waals surface area (Å²) >= 11 is 0. The van der Waals surface area contributed by atoms with Crippen molar-refractivity contribution in [1.29, 1.82) is 0 Å². The maximum atomic E-state index is 11.1. The number of aryl methyl sites for hydroxylation is 1. The Labute approximate surface area is 65.9 Å². The summed E-state index contributed by atoms with van der Waals surface area (Å²) in [5.41, 5.74) is 0.538. The fourth-order valence-electron chi connectivity index (χ4n) is 0.942. The van der Waals surface area contributed by atoms with Crippen LogP contribution >= 0.6 is 0 Å². The van der Waals surface area contributed by atoms with Crippen LogP contribution in [0.4, 0.5) is 0 Å². The molecule has 0 saturated heterocycles. The van der Waals surface area contributed by atoms with Gasteiger partial charge in [0.25, 0.3) is 0 Å². The van der Waals surface area contributed by atoms with E-state index in [2.05, 4.69) is 0 Å². The van der Waals surface area contributed by atoms with E-state index >= 15 is 0 Å². The van der Waals surface area contributed by atoms with Crippen molar-refractivity contribution in [1.82, 2.24) is 0 Å². The summed E-state index contributed by atoms with van der Waals surface area (Å²) in [7, 11) is 0. The van der Waals surface area contributed by atoms with Gasteiger partial charge in [-0.3, -0.25) is 0 Å². The highest BCUT2D eigenvalue weighted by Crippen LogP contribution is 2.08. The van der Waals surface area contributed by atoms with E-state index in [0.29, 0.717) is 5.76 Å². The monoisotopic (exact) mass is 152 g/mol. The van der Waals surface area contributed by atoms with Gasteiger partial charge in [-0.25, -0.2) is 4.79 Å². The van der Waals surface area contributed by atoms with Crippen LogP contribution in [0.2, 0.25) is 0 Å². The highest BCUT2D eigenvalue weighted by molar-refractivity contribution is 5.13. The topological polar surface area (TPSA) is 30.2 Å². The second-order valence-corrected chi connectivity index (χ2v) is 2.94. The van der Waals surface area contributed by atoms with Crippen LogP contribution in [0.25, 0.3) is 0 Å². The normalized spacial score (nSPS) is 10.5. The molecular weight excluding hydrogens is 140 g/mol. The van der Waals surface area contributed by atoms with Gasteiger partial charge in [-0.05, 0) is 25.0 Å². The minimum atomic E-state index is -0.208. The zero-order valence-electron chi connectivity index (χ0n) is 7.05. The van der Waals surface area contributed by atoms with Crippen molar-refractivity contribution in [3.8, 4) is 0 Å². The molecule has 0 spiro atoms. The van der Waals surface area contributed by atoms with Crippen molar-refractivity contribution in [2.24, 2.45) is 0 Å². The molecule has 0 N–H and O–H groups in total. The maximum absolute atomic E-state index is 11.1. The van der Waals surface area contributed by atoms with E-state index in [-0.39, 0.29) is 11.5 Å². The highest BCUT2D eigenvalue weighted by Gasteiger charge is 2.04. The lowest BCUT2D eigenvalue weighted by molar-refractivity contribution is 0.468. The second kappa shape index (κ2) is 2.91. The summed E-state index contributed by atoms with van der Waals surface area (Å²) in [5.74, 6) is 0.909. The quantitative estimate of drug-likeness (QED) is 0.616. The molecule has 0 atom stereocenters. The first-order valence-electron chi connectivity index (χ1n) is 3.72. The molecule has 2 nitrogen and oxygen atoms in total. The SMILES string of the molecule is Cc1ccc(C(C)C)c(=O)o1. The lowest BCUT2D eigenvalue weighted by Gasteiger charge is -2.01. The molecule has 2 heteroatoms. The average Bonchev–Trinajstić information content (AvgIpc) is 1.85. The molecule has 0 aliphatic carbocycles. The molecule has 0 aliphatic heterocycles. The largest absolute Gasteiger partial charge is 0.428 e. The van der Waals surface area contributed by atoms with E-state index in [9.17, 15) is 4.79 Å². The Hall–Kier alpha value is -1.05. The van der Waals surface area contributed by atoms with Crippen LogP contribution in [0, 0.1) is 6.92 Å². The van der Waals surface area contributed by atoms with Crippen LogP contribution in [0.3, 0.4) is 0 Å². The predicted molar refractivity (Wildman–Crippen MR) is 43.8 cm³/mol. The summed E-state index contributed by atoms with van der Waals surface area (Å²) in [4.78, 5) is 11.1. The van der Waals surface area contributed by atoms with Crippen molar-refractivity contribution in [3.63, 3.8) is 0 Å². The van der Waals surface area contributed by atoms with Crippen LogP contribution < -0.4 is 5.63 Å². The fraction of sp³-hybridized carbons (Fsp3) is 0.444. The molecule has 0 bridgehead atoms. The Morgan fingerprint density at radius 2 is 2.00 bits per heavy atom. The molecule has 0 radical (unpaired) electrons. The Morgan fingerprint density at radius 3 is 2.45 bits per heavy atom. The van der Waals surface area contributed by atoms with E-state index < -0.39 is 0 Å². The molecule has 1 aromatic heterocycles. The summed E-state index contributed by atoms with van der Waals surface area (Å²) in [6.45, 7) is 5.72. The van der Waals surface area contributed by atoms with Gasteiger partial charge in [0.15, 0.2) is 0 Å². The molecule has 1 rings (SSSR count). The lowest BCUT2D eigenvalue weighted by atomic mass is 10.1. The van der Waals surface area contributed by atoms with Gasteiger partial charge in [0, 0.05) is 5.56 Å². The van der Waals surface area contributed by atoms with Crippen molar-refractivity contribution in [2.45, 2.75) is 26.7 Å². The van der Waals surface area contributed by atoms with Gasteiger partial charge in [0.05, 0.1) is 0 Å². The molecule has 0 unspecified atom stereocenters. The van der Waals surface area contributed by atoms with Crippen molar-refractivity contribution >= 4 is 0 Å². The molecule has 0 aliphatic rings. The molecule has 0 fully saturated rings. The van der Waals surface area contributed by atoms with Gasteiger partial charge in [-0.1, -0.05) is 13.8 Å². The van der Waals surface area contributed by atoms with Crippen molar-refractivity contribution in [3.05, 3.63) is 33.9 Å². The van der Waals surface area contributed by atoms with Gasteiger partial charge in [0.1, 0.15) is 5.76 Å². The number of rotatable bonds is 1. The Kier molecular flexibility index (Phi) is 2.13. The van der Waals surface area contributed by atoms with Crippen molar-refractivity contribution < 1.29 is 4.42 Å². The molecular formula is C9H12O2. The third kappa shape index (κ3) is 1.70. The van der Waals surface area contributed by atoms with E-state index in [1.165, 1.54) is 0 Å². The first-order chi connectivity index (χ1) is 5.11. The fourth-order valence-corrected chi connectivity index (χ4v) is 0.942. The van der Waals surface area contributed by atoms with Crippen LogP contribution in [0.5, 0.6) is 0 Å². The Bertz CT molecular complexity index is 297. The van der Waals surface area contributed by atoms with E-state index in [0.717, 1.165) is 5.56 Å². The first-order valence-corrected chi connectivity index (χ1v) is 3.72. The van der Waals surface area contributed by atoms with E-state index in [4.69, 9.17) is 4.42 Å². The predicted octanol–water partition coefficient (Wildman–Crippen LogP) is 2.07. The average molecular weight is 152 g/mol. The smallest absolute Gasteiger partial charge is 0.339 e. The van der Waals surface area contributed by atoms with Gasteiger partial charge < -0.3 is 4.42 Å². The van der Waals surface area contributed by atoms with E-state index in [1.807, 2.05) is 26.0 Å². The highest BCUT2D eigenvalue weighted by atomic mass is 16.4. The summed E-state index contributed by atoms with van der Waals surface area (Å²) in [6.07, 6.45) is 0. The molecule has 1 aromatic rings. The van der Waals surface area contributed by atoms with Crippen LogP contribution in [0.1, 0.15) is 31.1 Å². The minimum Gasteiger partial charge on any atom is -0.428 e. The van der Waals surface area contributed by atoms with Gasteiger partial charge in [0.2, 0.25) is 0 Å². The van der Waals surface area contributed by atoms with Crippen LogP contribution in [0.15, 0.2) is 21.3 Å². The molecule has 0 amide bonds. The summed E-state index contributed by atoms with van der Waals surface area (Å²) < 4.78 is 4.91.